The van der Waals surface area contributed by atoms with Crippen molar-refractivity contribution in [2.75, 3.05) is 6.54 Å². The van der Waals surface area contributed by atoms with Crippen LogP contribution in [-0.4, -0.2) is 21.7 Å². The first-order valence-electron chi connectivity index (χ1n) is 5.59. The van der Waals surface area contributed by atoms with Gasteiger partial charge in [-0.1, -0.05) is 6.42 Å². The fourth-order valence-corrected chi connectivity index (χ4v) is 2.05. The van der Waals surface area contributed by atoms with Crippen LogP contribution in [0.15, 0.2) is 0 Å². The second-order valence-electron chi connectivity index (χ2n) is 4.36. The van der Waals surface area contributed by atoms with Crippen molar-refractivity contribution in [2.24, 2.45) is 0 Å². The summed E-state index contributed by atoms with van der Waals surface area (Å²) in [7, 11) is 0. The van der Waals surface area contributed by atoms with Crippen molar-refractivity contribution < 1.29 is 0 Å². The highest BCUT2D eigenvalue weighted by atomic mass is 15.2. The van der Waals surface area contributed by atoms with E-state index in [0.29, 0.717) is 12.0 Å². The summed E-state index contributed by atoms with van der Waals surface area (Å²) in [5.74, 6) is 2.74. The van der Waals surface area contributed by atoms with Crippen LogP contribution in [0.4, 0.5) is 0 Å². The van der Waals surface area contributed by atoms with E-state index >= 15 is 0 Å². The maximum atomic E-state index is 4.57. The molecule has 1 aliphatic carbocycles. The molecule has 0 aromatic carbocycles. The highest BCUT2D eigenvalue weighted by Gasteiger charge is 2.29. The maximum absolute atomic E-state index is 4.57. The molecule has 2 N–H and O–H groups in total. The first-order valence-corrected chi connectivity index (χ1v) is 5.59. The Kier molecular flexibility index (Phi) is 2.01. The number of rotatable bonds is 2. The highest BCUT2D eigenvalue weighted by molar-refractivity contribution is 5.07. The molecule has 1 aliphatic heterocycles. The molecular weight excluding hydrogens is 176 g/mol. The van der Waals surface area contributed by atoms with Crippen LogP contribution < -0.4 is 5.32 Å². The third-order valence-corrected chi connectivity index (χ3v) is 3.10. The molecule has 0 amide bonds. The number of hydrogen-bond donors (Lipinski definition) is 2. The van der Waals surface area contributed by atoms with Crippen LogP contribution in [-0.2, 0) is 0 Å². The van der Waals surface area contributed by atoms with Gasteiger partial charge in [0, 0.05) is 5.92 Å². The number of H-pyrrole nitrogens is 1. The fourth-order valence-electron chi connectivity index (χ4n) is 2.05. The maximum Gasteiger partial charge on any atom is 0.153 e. The Labute approximate surface area is 83.5 Å². The van der Waals surface area contributed by atoms with Crippen LogP contribution in [0.3, 0.4) is 0 Å². The summed E-state index contributed by atoms with van der Waals surface area (Å²) in [6, 6.07) is 0.420. The second-order valence-corrected chi connectivity index (χ2v) is 4.36. The predicted molar refractivity (Wildman–Crippen MR) is 53.0 cm³/mol. The van der Waals surface area contributed by atoms with Gasteiger partial charge in [-0.2, -0.15) is 5.10 Å². The number of aromatic amines is 1. The lowest BCUT2D eigenvalue weighted by Crippen LogP contribution is -2.27. The van der Waals surface area contributed by atoms with Crippen molar-refractivity contribution in [3.05, 3.63) is 11.6 Å². The predicted octanol–water partition coefficient (Wildman–Crippen LogP) is 1.50. The molecular formula is C10H16N4. The Hall–Kier alpha value is -0.900. The molecule has 0 unspecified atom stereocenters. The second kappa shape index (κ2) is 3.35. The summed E-state index contributed by atoms with van der Waals surface area (Å²) in [5, 5.41) is 10.8. The molecule has 2 heterocycles. The molecule has 1 aromatic rings. The van der Waals surface area contributed by atoms with Gasteiger partial charge in [-0.05, 0) is 32.2 Å². The number of hydrogen-bond acceptors (Lipinski definition) is 3. The van der Waals surface area contributed by atoms with Gasteiger partial charge in [0.25, 0.3) is 0 Å². The van der Waals surface area contributed by atoms with Gasteiger partial charge in [0.1, 0.15) is 5.82 Å². The summed E-state index contributed by atoms with van der Waals surface area (Å²) < 4.78 is 0. The smallest absolute Gasteiger partial charge is 0.153 e. The van der Waals surface area contributed by atoms with Crippen LogP contribution >= 0.6 is 0 Å². The number of nitrogens with zero attached hydrogens (tertiary/aromatic N) is 2. The minimum Gasteiger partial charge on any atom is -0.307 e. The molecule has 1 saturated carbocycles. The lowest BCUT2D eigenvalue weighted by atomic mass is 10.0. The Morgan fingerprint density at radius 1 is 1.14 bits per heavy atom. The average molecular weight is 192 g/mol. The van der Waals surface area contributed by atoms with Crippen molar-refractivity contribution in [3.8, 4) is 0 Å². The van der Waals surface area contributed by atoms with Crippen molar-refractivity contribution >= 4 is 0 Å². The summed E-state index contributed by atoms with van der Waals surface area (Å²) >= 11 is 0. The van der Waals surface area contributed by atoms with Gasteiger partial charge in [0.05, 0.1) is 6.04 Å². The van der Waals surface area contributed by atoms with Crippen LogP contribution in [0.1, 0.15) is 55.7 Å². The van der Waals surface area contributed by atoms with Gasteiger partial charge >= 0.3 is 0 Å². The molecule has 0 bridgehead atoms. The molecule has 0 radical (unpaired) electrons. The van der Waals surface area contributed by atoms with Gasteiger partial charge in [-0.15, -0.1) is 0 Å². The molecule has 4 nitrogen and oxygen atoms in total. The van der Waals surface area contributed by atoms with Crippen LogP contribution in [0.25, 0.3) is 0 Å². The SMILES string of the molecule is C1CC[C@@H](c2nc(C3CC3)n[nH]2)NC1. The van der Waals surface area contributed by atoms with Crippen molar-refractivity contribution in [1.82, 2.24) is 20.5 Å². The van der Waals surface area contributed by atoms with Crippen molar-refractivity contribution in [1.29, 1.82) is 0 Å². The number of aromatic nitrogens is 3. The fraction of sp³-hybridized carbons (Fsp3) is 0.800. The normalized spacial score (nSPS) is 27.9. The molecule has 3 rings (SSSR count). The van der Waals surface area contributed by atoms with Crippen molar-refractivity contribution in [3.63, 3.8) is 0 Å². The monoisotopic (exact) mass is 192 g/mol. The average Bonchev–Trinajstić information content (AvgIpc) is 2.98. The van der Waals surface area contributed by atoms with E-state index in [-0.39, 0.29) is 0 Å². The zero-order valence-electron chi connectivity index (χ0n) is 8.29. The standard InChI is InChI=1S/C10H16N4/c1-2-6-11-8(3-1)10-12-9(13-14-10)7-4-5-7/h7-8,11H,1-6H2,(H,12,13,14)/t8-/m0/s1. The van der Waals surface area contributed by atoms with E-state index in [4.69, 9.17) is 0 Å². The molecule has 1 saturated heterocycles. The third-order valence-electron chi connectivity index (χ3n) is 3.10. The lowest BCUT2D eigenvalue weighted by molar-refractivity contribution is 0.398. The first-order chi connectivity index (χ1) is 6.93. The van der Waals surface area contributed by atoms with Crippen LogP contribution in [0, 0.1) is 0 Å². The minimum absolute atomic E-state index is 0.420. The van der Waals surface area contributed by atoms with Gasteiger partial charge < -0.3 is 5.32 Å². The molecule has 1 aromatic heterocycles. The van der Waals surface area contributed by atoms with Crippen molar-refractivity contribution in [2.45, 2.75) is 44.1 Å². The quantitative estimate of drug-likeness (QED) is 0.746. The molecule has 0 spiro atoms. The van der Waals surface area contributed by atoms with Crippen LogP contribution in [0.5, 0.6) is 0 Å². The number of piperidine rings is 1. The summed E-state index contributed by atoms with van der Waals surface area (Å²) in [6.45, 7) is 1.12. The Bertz CT molecular complexity index is 310. The first kappa shape index (κ1) is 8.41. The van der Waals surface area contributed by atoms with E-state index in [1.807, 2.05) is 0 Å². The van der Waals surface area contributed by atoms with Gasteiger partial charge in [-0.25, -0.2) is 4.98 Å². The Morgan fingerprint density at radius 2 is 2.07 bits per heavy atom. The zero-order chi connectivity index (χ0) is 9.38. The Morgan fingerprint density at radius 3 is 2.79 bits per heavy atom. The summed E-state index contributed by atoms with van der Waals surface area (Å²) in [5.41, 5.74) is 0. The van der Waals surface area contributed by atoms with E-state index < -0.39 is 0 Å². The highest BCUT2D eigenvalue weighted by Crippen LogP contribution is 2.38. The van der Waals surface area contributed by atoms with Gasteiger partial charge in [0.15, 0.2) is 5.82 Å². The minimum atomic E-state index is 0.420. The lowest BCUT2D eigenvalue weighted by Gasteiger charge is -2.20. The van der Waals surface area contributed by atoms with Crippen LogP contribution in [0.2, 0.25) is 0 Å². The summed E-state index contributed by atoms with van der Waals surface area (Å²) in [6.07, 6.45) is 6.33. The molecule has 4 heteroatoms. The Balaban J connectivity index is 1.74. The van der Waals surface area contributed by atoms with E-state index in [1.165, 1.54) is 32.1 Å². The molecule has 14 heavy (non-hydrogen) atoms. The molecule has 1 atom stereocenters. The van der Waals surface area contributed by atoms with E-state index in [9.17, 15) is 0 Å². The van der Waals surface area contributed by atoms with Gasteiger partial charge in [-0.3, -0.25) is 5.10 Å². The topological polar surface area (TPSA) is 53.6 Å². The van der Waals surface area contributed by atoms with E-state index in [2.05, 4.69) is 20.5 Å². The number of nitrogens with one attached hydrogen (secondary N) is 2. The van der Waals surface area contributed by atoms with E-state index in [1.54, 1.807) is 0 Å². The third kappa shape index (κ3) is 1.54. The van der Waals surface area contributed by atoms with Gasteiger partial charge in [0.2, 0.25) is 0 Å². The zero-order valence-corrected chi connectivity index (χ0v) is 8.29. The molecule has 76 valence electrons. The molecule has 2 aliphatic rings. The largest absolute Gasteiger partial charge is 0.307 e. The van der Waals surface area contributed by atoms with E-state index in [0.717, 1.165) is 18.2 Å². The summed E-state index contributed by atoms with van der Waals surface area (Å²) in [4.78, 5) is 4.57. The molecule has 2 fully saturated rings.